The molecule has 1 atom stereocenters. The van der Waals surface area contributed by atoms with Crippen LogP contribution in [0.2, 0.25) is 0 Å². The van der Waals surface area contributed by atoms with Gasteiger partial charge in [0.25, 0.3) is 0 Å². The molecule has 0 aromatic heterocycles. The molecule has 0 bridgehead atoms. The van der Waals surface area contributed by atoms with Crippen LogP contribution in [0.5, 0.6) is 0 Å². The van der Waals surface area contributed by atoms with E-state index in [-0.39, 0.29) is 5.82 Å². The normalized spacial score (nSPS) is 12.7. The lowest BCUT2D eigenvalue weighted by atomic mass is 10.2. The van der Waals surface area contributed by atoms with Gasteiger partial charge in [0.15, 0.2) is 0 Å². The molecule has 2 nitrogen and oxygen atoms in total. The van der Waals surface area contributed by atoms with E-state index in [0.717, 1.165) is 18.5 Å². The maximum Gasteiger partial charge on any atom is 0.123 e. The molecule has 3 heteroatoms. The summed E-state index contributed by atoms with van der Waals surface area (Å²) in [5.41, 5.74) is 1.09. The number of halogens is 1. The second-order valence-electron chi connectivity index (χ2n) is 3.57. The van der Waals surface area contributed by atoms with Gasteiger partial charge in [0, 0.05) is 19.7 Å². The van der Waals surface area contributed by atoms with Crippen LogP contribution < -0.4 is 5.32 Å². The van der Waals surface area contributed by atoms with Crippen LogP contribution in [-0.2, 0) is 11.3 Å². The van der Waals surface area contributed by atoms with E-state index < -0.39 is 0 Å². The van der Waals surface area contributed by atoms with Gasteiger partial charge in [-0.3, -0.25) is 0 Å². The lowest BCUT2D eigenvalue weighted by molar-refractivity contribution is 0.164. The summed E-state index contributed by atoms with van der Waals surface area (Å²) in [4.78, 5) is 0. The van der Waals surface area contributed by atoms with Crippen molar-refractivity contribution in [2.75, 3.05) is 13.7 Å². The average molecular weight is 211 g/mol. The van der Waals surface area contributed by atoms with Crippen LogP contribution in [-0.4, -0.2) is 19.8 Å². The van der Waals surface area contributed by atoms with Crippen molar-refractivity contribution in [1.29, 1.82) is 0 Å². The third-order valence-electron chi connectivity index (χ3n) is 2.37. The highest BCUT2D eigenvalue weighted by Crippen LogP contribution is 2.03. The van der Waals surface area contributed by atoms with Gasteiger partial charge < -0.3 is 10.1 Å². The molecule has 0 saturated carbocycles. The molecule has 1 N–H and O–H groups in total. The minimum absolute atomic E-state index is 0.192. The molecule has 0 aliphatic heterocycles. The third-order valence-corrected chi connectivity index (χ3v) is 2.37. The van der Waals surface area contributed by atoms with Crippen molar-refractivity contribution in [1.82, 2.24) is 5.32 Å². The molecule has 0 spiro atoms. The summed E-state index contributed by atoms with van der Waals surface area (Å²) in [7, 11) is 1.70. The SMILES string of the molecule is CC[C@H](COC)NCc1ccc(F)cc1. The van der Waals surface area contributed by atoms with Gasteiger partial charge in [-0.15, -0.1) is 0 Å². The van der Waals surface area contributed by atoms with Crippen LogP contribution in [0.3, 0.4) is 0 Å². The van der Waals surface area contributed by atoms with E-state index in [1.807, 2.05) is 0 Å². The predicted octanol–water partition coefficient (Wildman–Crippen LogP) is 2.34. The predicted molar refractivity (Wildman–Crippen MR) is 59.2 cm³/mol. The molecule has 0 saturated heterocycles. The van der Waals surface area contributed by atoms with E-state index in [0.29, 0.717) is 12.6 Å². The van der Waals surface area contributed by atoms with Crippen molar-refractivity contribution in [2.24, 2.45) is 0 Å². The maximum atomic E-state index is 12.6. The number of rotatable bonds is 6. The minimum atomic E-state index is -0.192. The molecule has 0 aliphatic carbocycles. The second-order valence-corrected chi connectivity index (χ2v) is 3.57. The van der Waals surface area contributed by atoms with Crippen LogP contribution in [0.4, 0.5) is 4.39 Å². The highest BCUT2D eigenvalue weighted by molar-refractivity contribution is 5.15. The third kappa shape index (κ3) is 4.40. The van der Waals surface area contributed by atoms with Gasteiger partial charge in [-0.25, -0.2) is 4.39 Å². The van der Waals surface area contributed by atoms with Gasteiger partial charge in [0.05, 0.1) is 6.61 Å². The number of nitrogens with one attached hydrogen (secondary N) is 1. The van der Waals surface area contributed by atoms with Gasteiger partial charge >= 0.3 is 0 Å². The minimum Gasteiger partial charge on any atom is -0.383 e. The first kappa shape index (κ1) is 12.1. The quantitative estimate of drug-likeness (QED) is 0.779. The van der Waals surface area contributed by atoms with Gasteiger partial charge in [0.2, 0.25) is 0 Å². The Kier molecular flexibility index (Phi) is 5.29. The monoisotopic (exact) mass is 211 g/mol. The van der Waals surface area contributed by atoms with Crippen molar-refractivity contribution in [3.63, 3.8) is 0 Å². The molecule has 0 radical (unpaired) electrons. The van der Waals surface area contributed by atoms with Crippen molar-refractivity contribution in [3.8, 4) is 0 Å². The summed E-state index contributed by atoms with van der Waals surface area (Å²) in [6, 6.07) is 6.91. The second kappa shape index (κ2) is 6.53. The first-order valence-electron chi connectivity index (χ1n) is 5.23. The van der Waals surface area contributed by atoms with Crippen LogP contribution in [0.1, 0.15) is 18.9 Å². The molecule has 0 aliphatic rings. The summed E-state index contributed by atoms with van der Waals surface area (Å²) in [6.45, 7) is 3.57. The molecule has 0 amide bonds. The molecule has 15 heavy (non-hydrogen) atoms. The molecular weight excluding hydrogens is 193 g/mol. The van der Waals surface area contributed by atoms with E-state index in [4.69, 9.17) is 4.74 Å². The Morgan fingerprint density at radius 2 is 2.00 bits per heavy atom. The lowest BCUT2D eigenvalue weighted by Crippen LogP contribution is -2.31. The van der Waals surface area contributed by atoms with Gasteiger partial charge in [-0.2, -0.15) is 0 Å². The smallest absolute Gasteiger partial charge is 0.123 e. The fourth-order valence-corrected chi connectivity index (χ4v) is 1.39. The Labute approximate surface area is 90.4 Å². The Bertz CT molecular complexity index is 273. The molecular formula is C12H18FNO. The fraction of sp³-hybridized carbons (Fsp3) is 0.500. The highest BCUT2D eigenvalue weighted by atomic mass is 19.1. The summed E-state index contributed by atoms with van der Waals surface area (Å²) in [5, 5.41) is 3.36. The average Bonchev–Trinajstić information content (AvgIpc) is 2.26. The van der Waals surface area contributed by atoms with Crippen molar-refractivity contribution >= 4 is 0 Å². The molecule has 84 valence electrons. The summed E-state index contributed by atoms with van der Waals surface area (Å²) in [5.74, 6) is -0.192. The van der Waals surface area contributed by atoms with E-state index in [1.54, 1.807) is 19.2 Å². The van der Waals surface area contributed by atoms with Crippen LogP contribution in [0.15, 0.2) is 24.3 Å². The standard InChI is InChI=1S/C12H18FNO/c1-3-12(9-15-2)14-8-10-4-6-11(13)7-5-10/h4-7,12,14H,3,8-9H2,1-2H3/t12-/m1/s1. The molecule has 1 rings (SSSR count). The first-order chi connectivity index (χ1) is 7.26. The topological polar surface area (TPSA) is 21.3 Å². The summed E-state index contributed by atoms with van der Waals surface area (Å²) >= 11 is 0. The maximum absolute atomic E-state index is 12.6. The molecule has 0 fully saturated rings. The van der Waals surface area contributed by atoms with Crippen LogP contribution in [0, 0.1) is 5.82 Å². The van der Waals surface area contributed by atoms with Gasteiger partial charge in [0.1, 0.15) is 5.82 Å². The molecule has 0 unspecified atom stereocenters. The van der Waals surface area contributed by atoms with Gasteiger partial charge in [-0.1, -0.05) is 19.1 Å². The van der Waals surface area contributed by atoms with Crippen molar-refractivity contribution in [2.45, 2.75) is 25.9 Å². The first-order valence-corrected chi connectivity index (χ1v) is 5.23. The van der Waals surface area contributed by atoms with Crippen molar-refractivity contribution in [3.05, 3.63) is 35.6 Å². The molecule has 0 heterocycles. The Balaban J connectivity index is 2.38. The van der Waals surface area contributed by atoms with Crippen molar-refractivity contribution < 1.29 is 9.13 Å². The molecule has 1 aromatic rings. The summed E-state index contributed by atoms with van der Waals surface area (Å²) < 4.78 is 17.7. The Morgan fingerprint density at radius 3 is 2.53 bits per heavy atom. The largest absolute Gasteiger partial charge is 0.383 e. The number of hydrogen-bond acceptors (Lipinski definition) is 2. The zero-order valence-electron chi connectivity index (χ0n) is 9.29. The zero-order valence-corrected chi connectivity index (χ0v) is 9.29. The summed E-state index contributed by atoms with van der Waals surface area (Å²) in [6.07, 6.45) is 1.02. The van der Waals surface area contributed by atoms with E-state index in [1.165, 1.54) is 12.1 Å². The number of methoxy groups -OCH3 is 1. The van der Waals surface area contributed by atoms with E-state index >= 15 is 0 Å². The van der Waals surface area contributed by atoms with Crippen LogP contribution in [0.25, 0.3) is 0 Å². The zero-order chi connectivity index (χ0) is 11.1. The Morgan fingerprint density at radius 1 is 1.33 bits per heavy atom. The highest BCUT2D eigenvalue weighted by Gasteiger charge is 2.04. The Hall–Kier alpha value is -0.930. The number of ether oxygens (including phenoxy) is 1. The van der Waals surface area contributed by atoms with Crippen LogP contribution >= 0.6 is 0 Å². The molecule has 1 aromatic carbocycles. The number of benzene rings is 1. The lowest BCUT2D eigenvalue weighted by Gasteiger charge is -2.15. The van der Waals surface area contributed by atoms with E-state index in [9.17, 15) is 4.39 Å². The van der Waals surface area contributed by atoms with Gasteiger partial charge in [-0.05, 0) is 24.1 Å². The number of hydrogen-bond donors (Lipinski definition) is 1. The fourth-order valence-electron chi connectivity index (χ4n) is 1.39. The van der Waals surface area contributed by atoms with E-state index in [2.05, 4.69) is 12.2 Å².